The average Bonchev–Trinajstić information content (AvgIpc) is 3.08. The van der Waals surface area contributed by atoms with E-state index in [1.54, 1.807) is 0 Å². The summed E-state index contributed by atoms with van der Waals surface area (Å²) in [6.45, 7) is 13.8. The van der Waals surface area contributed by atoms with Crippen LogP contribution in [0.1, 0.15) is 112 Å². The van der Waals surface area contributed by atoms with Crippen molar-refractivity contribution in [2.24, 2.45) is 45.8 Å². The summed E-state index contributed by atoms with van der Waals surface area (Å²) in [7, 11) is 0. The molecular weight excluding hydrogens is 359 g/mol. The smallest absolute Gasteiger partial charge is 0.114 e. The summed E-state index contributed by atoms with van der Waals surface area (Å²) < 4.78 is 15.5. The van der Waals surface area contributed by atoms with Crippen LogP contribution in [0.4, 0.5) is 4.39 Å². The number of aliphatic hydroxyl groups excluding tert-OH is 1. The number of hydrogen-bond acceptors (Lipinski definition) is 1. The molecule has 5 rings (SSSR count). The second kappa shape index (κ2) is 7.21. The lowest BCUT2D eigenvalue weighted by molar-refractivity contribution is -0.215. The van der Waals surface area contributed by atoms with Gasteiger partial charge >= 0.3 is 0 Å². The highest BCUT2D eigenvalue weighted by Gasteiger charge is 2.66. The van der Waals surface area contributed by atoms with E-state index >= 15 is 4.39 Å². The molecule has 0 aliphatic heterocycles. The molecule has 0 saturated heterocycles. The van der Waals surface area contributed by atoms with Crippen LogP contribution in [0.3, 0.4) is 0 Å². The number of aliphatic hydroxyl groups is 1. The fraction of sp³-hybridized carbons (Fsp3) is 1.00. The van der Waals surface area contributed by atoms with Gasteiger partial charge in [-0.1, -0.05) is 41.5 Å². The molecule has 9 atom stereocenters. The maximum atomic E-state index is 15.5. The quantitative estimate of drug-likeness (QED) is 0.440. The van der Waals surface area contributed by atoms with Gasteiger partial charge in [0.15, 0.2) is 0 Å². The SMILES string of the molecule is CC.CC1(C)C(O)CCC2(C)C1CCC1(C)C3CCC4(F)CCCC4C3CCC12. The molecule has 5 aliphatic rings. The van der Waals surface area contributed by atoms with Crippen molar-refractivity contribution < 1.29 is 9.50 Å². The summed E-state index contributed by atoms with van der Waals surface area (Å²) in [5.41, 5.74) is -0.0171. The number of halogens is 1. The van der Waals surface area contributed by atoms with Crippen molar-refractivity contribution in [1.29, 1.82) is 0 Å². The van der Waals surface area contributed by atoms with Gasteiger partial charge in [0.2, 0.25) is 0 Å². The Morgan fingerprint density at radius 1 is 0.690 bits per heavy atom. The number of alkyl halides is 1. The van der Waals surface area contributed by atoms with Gasteiger partial charge in [-0.3, -0.25) is 0 Å². The highest BCUT2D eigenvalue weighted by Crippen LogP contribution is 2.72. The van der Waals surface area contributed by atoms with Gasteiger partial charge in [-0.15, -0.1) is 0 Å². The van der Waals surface area contributed by atoms with Crippen LogP contribution in [-0.2, 0) is 0 Å². The Hall–Kier alpha value is -0.110. The molecule has 1 nitrogen and oxygen atoms in total. The molecule has 5 fully saturated rings. The molecule has 5 saturated carbocycles. The van der Waals surface area contributed by atoms with Gasteiger partial charge in [-0.25, -0.2) is 4.39 Å². The summed E-state index contributed by atoms with van der Waals surface area (Å²) in [6.07, 6.45) is 12.3. The molecule has 0 radical (unpaired) electrons. The van der Waals surface area contributed by atoms with Gasteiger partial charge in [0.1, 0.15) is 5.67 Å². The van der Waals surface area contributed by atoms with Crippen molar-refractivity contribution in [2.75, 3.05) is 0 Å². The first-order valence-corrected chi connectivity index (χ1v) is 13.0. The van der Waals surface area contributed by atoms with E-state index in [2.05, 4.69) is 27.7 Å². The topological polar surface area (TPSA) is 20.2 Å². The molecular formula is C27H47FO. The van der Waals surface area contributed by atoms with E-state index in [1.165, 1.54) is 32.1 Å². The molecule has 0 aromatic heterocycles. The molecule has 9 unspecified atom stereocenters. The molecule has 0 bridgehead atoms. The summed E-state index contributed by atoms with van der Waals surface area (Å²) >= 11 is 0. The normalized spacial score (nSPS) is 55.4. The largest absolute Gasteiger partial charge is 0.393 e. The Bertz CT molecular complexity index is 616. The van der Waals surface area contributed by atoms with Crippen molar-refractivity contribution in [3.8, 4) is 0 Å². The van der Waals surface area contributed by atoms with Crippen molar-refractivity contribution in [3.63, 3.8) is 0 Å². The van der Waals surface area contributed by atoms with Crippen LogP contribution in [-0.4, -0.2) is 16.9 Å². The van der Waals surface area contributed by atoms with E-state index in [1.807, 2.05) is 13.8 Å². The minimum Gasteiger partial charge on any atom is -0.393 e. The van der Waals surface area contributed by atoms with Crippen molar-refractivity contribution in [3.05, 3.63) is 0 Å². The molecule has 0 heterocycles. The maximum Gasteiger partial charge on any atom is 0.114 e. The van der Waals surface area contributed by atoms with E-state index in [9.17, 15) is 5.11 Å². The lowest BCUT2D eigenvalue weighted by Gasteiger charge is -2.68. The molecule has 1 N–H and O–H groups in total. The molecule has 0 aromatic carbocycles. The van der Waals surface area contributed by atoms with Gasteiger partial charge in [-0.2, -0.15) is 0 Å². The zero-order chi connectivity index (χ0) is 21.2. The van der Waals surface area contributed by atoms with Gasteiger partial charge in [0.05, 0.1) is 6.10 Å². The third-order valence-corrected chi connectivity index (χ3v) is 11.4. The standard InChI is InChI=1S/C25H41FO.C2H6/c1-22(2)19-10-13-23(3)17-9-15-25(26)12-5-6-18(25)16(17)7-8-20(23)24(19,4)14-11-21(22)27;1-2/h16-21,27H,5-15H2,1-4H3;1-2H3. The number of hydrogen-bond donors (Lipinski definition) is 1. The van der Waals surface area contributed by atoms with Gasteiger partial charge in [0.25, 0.3) is 0 Å². The molecule has 0 aromatic rings. The van der Waals surface area contributed by atoms with Gasteiger partial charge in [0, 0.05) is 0 Å². The van der Waals surface area contributed by atoms with Crippen LogP contribution in [0.2, 0.25) is 0 Å². The Kier molecular flexibility index (Phi) is 5.49. The predicted octanol–water partition coefficient (Wildman–Crippen LogP) is 7.56. The van der Waals surface area contributed by atoms with Gasteiger partial charge in [-0.05, 0) is 116 Å². The van der Waals surface area contributed by atoms with Crippen LogP contribution in [0.5, 0.6) is 0 Å². The second-order valence-electron chi connectivity index (χ2n) is 12.5. The maximum absolute atomic E-state index is 15.5. The van der Waals surface area contributed by atoms with Crippen LogP contribution in [0, 0.1) is 45.8 Å². The van der Waals surface area contributed by atoms with E-state index in [0.29, 0.717) is 28.6 Å². The number of fused-ring (bicyclic) bond motifs is 7. The first-order chi connectivity index (χ1) is 13.6. The highest BCUT2D eigenvalue weighted by atomic mass is 19.1. The summed E-state index contributed by atoms with van der Waals surface area (Å²) in [6, 6.07) is 0. The summed E-state index contributed by atoms with van der Waals surface area (Å²) in [5, 5.41) is 10.7. The lowest BCUT2D eigenvalue weighted by atomic mass is 9.37. The third kappa shape index (κ3) is 2.93. The summed E-state index contributed by atoms with van der Waals surface area (Å²) in [5.74, 6) is 3.17. The number of rotatable bonds is 0. The lowest BCUT2D eigenvalue weighted by Crippen LogP contribution is -2.63. The Morgan fingerprint density at radius 2 is 1.38 bits per heavy atom. The van der Waals surface area contributed by atoms with Crippen molar-refractivity contribution in [1.82, 2.24) is 0 Å². The molecule has 0 spiro atoms. The molecule has 168 valence electrons. The van der Waals surface area contributed by atoms with Crippen LogP contribution in [0.25, 0.3) is 0 Å². The highest BCUT2D eigenvalue weighted by molar-refractivity contribution is 5.15. The molecule has 2 heteroatoms. The zero-order valence-electron chi connectivity index (χ0n) is 20.1. The molecule has 5 aliphatic carbocycles. The average molecular weight is 407 g/mol. The third-order valence-electron chi connectivity index (χ3n) is 11.4. The summed E-state index contributed by atoms with van der Waals surface area (Å²) in [4.78, 5) is 0. The van der Waals surface area contributed by atoms with E-state index in [0.717, 1.165) is 50.4 Å². The molecule has 0 amide bonds. The zero-order valence-corrected chi connectivity index (χ0v) is 20.1. The predicted molar refractivity (Wildman–Crippen MR) is 119 cm³/mol. The van der Waals surface area contributed by atoms with E-state index in [4.69, 9.17) is 0 Å². The van der Waals surface area contributed by atoms with Crippen LogP contribution in [0.15, 0.2) is 0 Å². The van der Waals surface area contributed by atoms with Crippen molar-refractivity contribution >= 4 is 0 Å². The van der Waals surface area contributed by atoms with Crippen molar-refractivity contribution in [2.45, 2.75) is 124 Å². The molecule has 29 heavy (non-hydrogen) atoms. The first kappa shape index (κ1) is 22.1. The van der Waals surface area contributed by atoms with E-state index < -0.39 is 5.67 Å². The fourth-order valence-electron chi connectivity index (χ4n) is 10.1. The fourth-order valence-corrected chi connectivity index (χ4v) is 10.1. The van der Waals surface area contributed by atoms with Gasteiger partial charge < -0.3 is 5.11 Å². The Morgan fingerprint density at radius 3 is 2.10 bits per heavy atom. The van der Waals surface area contributed by atoms with E-state index in [-0.39, 0.29) is 11.5 Å². The monoisotopic (exact) mass is 406 g/mol. The minimum absolute atomic E-state index is 0.0390. The van der Waals surface area contributed by atoms with Crippen LogP contribution >= 0.6 is 0 Å². The first-order valence-electron chi connectivity index (χ1n) is 13.0. The van der Waals surface area contributed by atoms with Crippen LogP contribution < -0.4 is 0 Å². The second-order valence-corrected chi connectivity index (χ2v) is 12.5. The Labute approximate surface area is 179 Å². The minimum atomic E-state index is -0.817. The Balaban J connectivity index is 0.000000994.